The van der Waals surface area contributed by atoms with Gasteiger partial charge in [0.05, 0.1) is 6.54 Å². The Hall–Kier alpha value is -3.93. The Bertz CT molecular complexity index is 1540. The summed E-state index contributed by atoms with van der Waals surface area (Å²) in [6.07, 6.45) is 3.02. The highest BCUT2D eigenvalue weighted by Crippen LogP contribution is 2.33. The number of hydrogen-bond donors (Lipinski definition) is 1. The van der Waals surface area contributed by atoms with Gasteiger partial charge in [-0.15, -0.1) is 0 Å². The average Bonchev–Trinajstić information content (AvgIpc) is 3.35. The van der Waals surface area contributed by atoms with Crippen molar-refractivity contribution in [3.63, 3.8) is 0 Å². The van der Waals surface area contributed by atoms with Gasteiger partial charge in [-0.05, 0) is 77.4 Å². The van der Waals surface area contributed by atoms with Crippen LogP contribution in [0.5, 0.6) is 0 Å². The van der Waals surface area contributed by atoms with Crippen molar-refractivity contribution < 1.29 is 14.0 Å². The first kappa shape index (κ1) is 19.7. The lowest BCUT2D eigenvalue weighted by Gasteiger charge is -2.23. The number of amides is 3. The fourth-order valence-electron chi connectivity index (χ4n) is 5.13. The number of fused-ring (bicyclic) bond motifs is 3. The molecule has 0 radical (unpaired) electrons. The van der Waals surface area contributed by atoms with Crippen LogP contribution in [0, 0.1) is 0 Å². The van der Waals surface area contributed by atoms with Gasteiger partial charge in [0.15, 0.2) is 0 Å². The van der Waals surface area contributed by atoms with Crippen LogP contribution in [-0.2, 0) is 29.7 Å². The van der Waals surface area contributed by atoms with Crippen molar-refractivity contribution in [1.29, 1.82) is 0 Å². The van der Waals surface area contributed by atoms with E-state index in [4.69, 9.17) is 4.42 Å². The number of hydrogen-bond acceptors (Lipinski definition) is 4. The molecule has 1 unspecified atom stereocenters. The summed E-state index contributed by atoms with van der Waals surface area (Å²) in [6, 6.07) is 18.5. The number of carbonyl (C=O) groups excluding carboxylic acids is 2. The molecule has 1 aliphatic carbocycles. The van der Waals surface area contributed by atoms with Crippen molar-refractivity contribution in [2.45, 2.75) is 38.3 Å². The van der Waals surface area contributed by atoms with Crippen molar-refractivity contribution >= 4 is 33.7 Å². The predicted molar refractivity (Wildman–Crippen MR) is 125 cm³/mol. The van der Waals surface area contributed by atoms with E-state index in [-0.39, 0.29) is 12.5 Å². The minimum atomic E-state index is -1.18. The van der Waals surface area contributed by atoms with E-state index in [1.807, 2.05) is 54.6 Å². The first-order chi connectivity index (χ1) is 15.9. The van der Waals surface area contributed by atoms with Gasteiger partial charge >= 0.3 is 11.7 Å². The third-order valence-electron chi connectivity index (χ3n) is 6.97. The molecule has 6 nitrogen and oxygen atoms in total. The normalized spacial score (nSPS) is 20.0. The van der Waals surface area contributed by atoms with Crippen LogP contribution in [0.25, 0.3) is 21.7 Å². The van der Waals surface area contributed by atoms with E-state index in [2.05, 4.69) is 5.32 Å². The Morgan fingerprint density at radius 2 is 1.70 bits per heavy atom. The molecule has 3 amide bonds. The SMILES string of the molecule is CC1(c2ccc3ccccc3c2)NC(=O)N(Cc2cc(=O)oc3cc4c(cc23)CCC4)C1=O. The van der Waals surface area contributed by atoms with Gasteiger partial charge in [0, 0.05) is 11.5 Å². The summed E-state index contributed by atoms with van der Waals surface area (Å²) in [5, 5.41) is 5.71. The molecule has 6 heteroatoms. The molecule has 0 saturated carbocycles. The summed E-state index contributed by atoms with van der Waals surface area (Å²) in [6.45, 7) is 1.73. The Morgan fingerprint density at radius 3 is 2.52 bits per heavy atom. The lowest BCUT2D eigenvalue weighted by atomic mass is 9.90. The highest BCUT2D eigenvalue weighted by atomic mass is 16.4. The second kappa shape index (κ2) is 7.04. The van der Waals surface area contributed by atoms with Crippen molar-refractivity contribution in [3.8, 4) is 0 Å². The zero-order valence-electron chi connectivity index (χ0n) is 18.2. The Balaban J connectivity index is 1.39. The van der Waals surface area contributed by atoms with Gasteiger partial charge in [-0.3, -0.25) is 9.69 Å². The molecule has 1 atom stereocenters. The summed E-state index contributed by atoms with van der Waals surface area (Å²) in [7, 11) is 0. The number of urea groups is 1. The Labute approximate surface area is 189 Å². The molecule has 3 aromatic carbocycles. The molecule has 2 heterocycles. The van der Waals surface area contributed by atoms with Gasteiger partial charge in [-0.1, -0.05) is 36.4 Å². The number of nitrogens with one attached hydrogen (secondary N) is 1. The molecular weight excluding hydrogens is 416 g/mol. The van der Waals surface area contributed by atoms with Gasteiger partial charge in [0.1, 0.15) is 11.1 Å². The Morgan fingerprint density at radius 1 is 0.939 bits per heavy atom. The van der Waals surface area contributed by atoms with Crippen LogP contribution in [0.1, 0.15) is 35.6 Å². The fraction of sp³-hybridized carbons (Fsp3) is 0.222. The van der Waals surface area contributed by atoms with Gasteiger partial charge in [-0.2, -0.15) is 0 Å². The Kier molecular flexibility index (Phi) is 4.21. The topological polar surface area (TPSA) is 79.6 Å². The number of aryl methyl sites for hydroxylation is 2. The van der Waals surface area contributed by atoms with E-state index < -0.39 is 17.2 Å². The van der Waals surface area contributed by atoms with E-state index >= 15 is 0 Å². The predicted octanol–water partition coefficient (Wildman–Crippen LogP) is 4.40. The molecule has 6 rings (SSSR count). The standard InChI is InChI=1S/C27H22N2O4/c1-27(21-10-9-16-5-2-3-6-17(16)11-21)25(31)29(26(32)28-27)15-20-14-24(30)33-23-13-19-8-4-7-18(19)12-22(20)23/h2-3,5-6,9-14H,4,7-8,15H2,1H3,(H,28,32). The number of imide groups is 1. The number of benzene rings is 3. The molecule has 2 aliphatic rings. The molecule has 1 fully saturated rings. The first-order valence-corrected chi connectivity index (χ1v) is 11.1. The second-order valence-corrected chi connectivity index (χ2v) is 9.07. The molecule has 33 heavy (non-hydrogen) atoms. The minimum absolute atomic E-state index is 0.00866. The van der Waals surface area contributed by atoms with Crippen LogP contribution in [0.3, 0.4) is 0 Å². The smallest absolute Gasteiger partial charge is 0.336 e. The lowest BCUT2D eigenvalue weighted by molar-refractivity contribution is -0.131. The quantitative estimate of drug-likeness (QED) is 0.380. The van der Waals surface area contributed by atoms with E-state index in [0.717, 1.165) is 41.0 Å². The molecule has 1 aromatic heterocycles. The maximum Gasteiger partial charge on any atom is 0.336 e. The molecule has 4 aromatic rings. The molecule has 0 bridgehead atoms. The number of nitrogens with zero attached hydrogens (tertiary/aromatic N) is 1. The highest BCUT2D eigenvalue weighted by Gasteiger charge is 2.49. The van der Waals surface area contributed by atoms with Gasteiger partial charge in [-0.25, -0.2) is 9.59 Å². The van der Waals surface area contributed by atoms with Crippen molar-refractivity contribution in [1.82, 2.24) is 10.2 Å². The molecular formula is C27H22N2O4. The van der Waals surface area contributed by atoms with Crippen LogP contribution in [0.2, 0.25) is 0 Å². The van der Waals surface area contributed by atoms with Crippen LogP contribution in [0.15, 0.2) is 69.9 Å². The minimum Gasteiger partial charge on any atom is -0.423 e. The number of carbonyl (C=O) groups is 2. The van der Waals surface area contributed by atoms with E-state index in [1.54, 1.807) is 6.92 Å². The molecule has 1 aliphatic heterocycles. The third kappa shape index (κ3) is 3.05. The zero-order valence-corrected chi connectivity index (χ0v) is 18.2. The van der Waals surface area contributed by atoms with Crippen LogP contribution < -0.4 is 10.9 Å². The number of rotatable bonds is 3. The van der Waals surface area contributed by atoms with Crippen molar-refractivity contribution in [2.75, 3.05) is 0 Å². The van der Waals surface area contributed by atoms with E-state index in [1.165, 1.54) is 22.1 Å². The summed E-state index contributed by atoms with van der Waals surface area (Å²) in [4.78, 5) is 39.9. The summed E-state index contributed by atoms with van der Waals surface area (Å²) in [5.41, 5.74) is 2.59. The van der Waals surface area contributed by atoms with Crippen LogP contribution in [-0.4, -0.2) is 16.8 Å². The second-order valence-electron chi connectivity index (χ2n) is 9.07. The largest absolute Gasteiger partial charge is 0.423 e. The third-order valence-corrected chi connectivity index (χ3v) is 6.97. The van der Waals surface area contributed by atoms with Crippen molar-refractivity contribution in [2.24, 2.45) is 0 Å². The molecule has 164 valence electrons. The van der Waals surface area contributed by atoms with Gasteiger partial charge in [0.25, 0.3) is 5.91 Å². The van der Waals surface area contributed by atoms with Gasteiger partial charge < -0.3 is 9.73 Å². The maximum atomic E-state index is 13.5. The van der Waals surface area contributed by atoms with Crippen LogP contribution in [0.4, 0.5) is 4.79 Å². The monoisotopic (exact) mass is 438 g/mol. The highest BCUT2D eigenvalue weighted by molar-refractivity contribution is 6.07. The van der Waals surface area contributed by atoms with Gasteiger partial charge in [0.2, 0.25) is 0 Å². The summed E-state index contributed by atoms with van der Waals surface area (Å²) in [5.74, 6) is -0.342. The lowest BCUT2D eigenvalue weighted by Crippen LogP contribution is -2.40. The van der Waals surface area contributed by atoms with Crippen LogP contribution >= 0.6 is 0 Å². The summed E-state index contributed by atoms with van der Waals surface area (Å²) < 4.78 is 5.44. The first-order valence-electron chi connectivity index (χ1n) is 11.1. The average molecular weight is 438 g/mol. The summed E-state index contributed by atoms with van der Waals surface area (Å²) >= 11 is 0. The fourth-order valence-corrected chi connectivity index (χ4v) is 5.13. The molecule has 1 saturated heterocycles. The molecule has 1 N–H and O–H groups in total. The molecule has 0 spiro atoms. The van der Waals surface area contributed by atoms with E-state index in [0.29, 0.717) is 11.1 Å². The van der Waals surface area contributed by atoms with E-state index in [9.17, 15) is 14.4 Å². The van der Waals surface area contributed by atoms with Crippen molar-refractivity contribution in [3.05, 3.63) is 93.3 Å². The zero-order chi connectivity index (χ0) is 22.7. The maximum absolute atomic E-state index is 13.5.